The number of nitrogens with one attached hydrogen (secondary N) is 1. The van der Waals surface area contributed by atoms with Gasteiger partial charge in [0.2, 0.25) is 0 Å². The van der Waals surface area contributed by atoms with E-state index in [0.29, 0.717) is 24.3 Å². The number of Topliss-reactive ketones (excluding diaryl/α,β-unsaturated/α-hetero) is 1. The van der Waals surface area contributed by atoms with Crippen molar-refractivity contribution < 1.29 is 23.9 Å². The first-order chi connectivity index (χ1) is 13.0. The first-order valence-corrected chi connectivity index (χ1v) is 8.70. The summed E-state index contributed by atoms with van der Waals surface area (Å²) in [7, 11) is 0. The molecule has 0 heterocycles. The van der Waals surface area contributed by atoms with E-state index in [9.17, 15) is 14.4 Å². The molecule has 0 unspecified atom stereocenters. The molecule has 142 valence electrons. The van der Waals surface area contributed by atoms with Gasteiger partial charge < -0.3 is 14.8 Å². The van der Waals surface area contributed by atoms with Crippen molar-refractivity contribution >= 4 is 17.7 Å². The Hall–Kier alpha value is -3.15. The Morgan fingerprint density at radius 3 is 2.30 bits per heavy atom. The number of benzene rings is 2. The quantitative estimate of drug-likeness (QED) is 0.543. The van der Waals surface area contributed by atoms with Crippen LogP contribution >= 0.6 is 0 Å². The van der Waals surface area contributed by atoms with Crippen molar-refractivity contribution in [1.82, 2.24) is 5.32 Å². The van der Waals surface area contributed by atoms with Crippen LogP contribution in [-0.2, 0) is 20.7 Å². The summed E-state index contributed by atoms with van der Waals surface area (Å²) in [6, 6.07) is 16.2. The van der Waals surface area contributed by atoms with E-state index in [1.54, 1.807) is 24.3 Å². The molecule has 0 aliphatic rings. The Morgan fingerprint density at radius 1 is 1.00 bits per heavy atom. The van der Waals surface area contributed by atoms with Gasteiger partial charge in [0.25, 0.3) is 5.91 Å². The van der Waals surface area contributed by atoms with Crippen LogP contribution in [0.5, 0.6) is 5.75 Å². The lowest BCUT2D eigenvalue weighted by molar-refractivity contribution is -0.154. The summed E-state index contributed by atoms with van der Waals surface area (Å²) in [5.41, 5.74) is 1.68. The van der Waals surface area contributed by atoms with Gasteiger partial charge in [-0.3, -0.25) is 9.59 Å². The van der Waals surface area contributed by atoms with Gasteiger partial charge in [0, 0.05) is 12.1 Å². The minimum absolute atomic E-state index is 0.0488. The third kappa shape index (κ3) is 6.93. The van der Waals surface area contributed by atoms with E-state index < -0.39 is 12.1 Å². The van der Waals surface area contributed by atoms with Crippen LogP contribution in [0.4, 0.5) is 0 Å². The Labute approximate surface area is 158 Å². The second-order valence-electron chi connectivity index (χ2n) is 6.03. The van der Waals surface area contributed by atoms with Gasteiger partial charge in [-0.05, 0) is 50.1 Å². The Bertz CT molecular complexity index is 771. The molecule has 1 atom stereocenters. The van der Waals surface area contributed by atoms with Gasteiger partial charge in [-0.1, -0.05) is 30.3 Å². The maximum atomic E-state index is 11.9. The van der Waals surface area contributed by atoms with Crippen molar-refractivity contribution in [3.8, 4) is 5.75 Å². The SMILES string of the molecule is CC(=O)c1ccc(O[C@@H](C)C(=O)OCC(=O)NCCc2ccccc2)cc1. The number of ether oxygens (including phenoxy) is 2. The summed E-state index contributed by atoms with van der Waals surface area (Å²) in [4.78, 5) is 34.9. The van der Waals surface area contributed by atoms with Gasteiger partial charge in [0.1, 0.15) is 5.75 Å². The molecule has 1 amide bonds. The van der Waals surface area contributed by atoms with Gasteiger partial charge >= 0.3 is 5.97 Å². The molecule has 0 saturated carbocycles. The lowest BCUT2D eigenvalue weighted by Crippen LogP contribution is -2.33. The maximum absolute atomic E-state index is 11.9. The molecule has 0 radical (unpaired) electrons. The largest absolute Gasteiger partial charge is 0.479 e. The van der Waals surface area contributed by atoms with Crippen LogP contribution in [-0.4, -0.2) is 36.9 Å². The molecular formula is C21H23NO5. The minimum Gasteiger partial charge on any atom is -0.479 e. The summed E-state index contributed by atoms with van der Waals surface area (Å²) in [5, 5.41) is 2.70. The molecule has 0 saturated heterocycles. The van der Waals surface area contributed by atoms with Crippen molar-refractivity contribution in [2.75, 3.05) is 13.2 Å². The highest BCUT2D eigenvalue weighted by Gasteiger charge is 2.17. The first-order valence-electron chi connectivity index (χ1n) is 8.70. The number of amides is 1. The molecule has 0 aliphatic carbocycles. The smallest absolute Gasteiger partial charge is 0.347 e. The molecule has 27 heavy (non-hydrogen) atoms. The minimum atomic E-state index is -0.870. The number of ketones is 1. The van der Waals surface area contributed by atoms with E-state index in [2.05, 4.69) is 5.32 Å². The fourth-order valence-electron chi connectivity index (χ4n) is 2.32. The number of carbonyl (C=O) groups is 3. The number of esters is 1. The van der Waals surface area contributed by atoms with Crippen LogP contribution < -0.4 is 10.1 Å². The molecule has 2 aromatic rings. The normalized spacial score (nSPS) is 11.3. The summed E-state index contributed by atoms with van der Waals surface area (Å²) >= 11 is 0. The summed E-state index contributed by atoms with van der Waals surface area (Å²) < 4.78 is 10.4. The molecule has 0 spiro atoms. The van der Waals surface area contributed by atoms with Crippen LogP contribution in [0, 0.1) is 0 Å². The second kappa shape index (κ2) is 10.1. The van der Waals surface area contributed by atoms with Gasteiger partial charge in [0.05, 0.1) is 0 Å². The molecule has 0 aromatic heterocycles. The lowest BCUT2D eigenvalue weighted by atomic mass is 10.1. The highest BCUT2D eigenvalue weighted by molar-refractivity contribution is 5.94. The van der Waals surface area contributed by atoms with E-state index in [4.69, 9.17) is 9.47 Å². The van der Waals surface area contributed by atoms with Crippen LogP contribution in [0.2, 0.25) is 0 Å². The fourth-order valence-corrected chi connectivity index (χ4v) is 2.32. The molecular weight excluding hydrogens is 346 g/mol. The topological polar surface area (TPSA) is 81.7 Å². The van der Waals surface area contributed by atoms with Gasteiger partial charge in [-0.25, -0.2) is 4.79 Å². The molecule has 2 rings (SSSR count). The summed E-state index contributed by atoms with van der Waals surface area (Å²) in [5.74, 6) is -0.606. The van der Waals surface area contributed by atoms with Gasteiger partial charge in [0.15, 0.2) is 18.5 Å². The number of rotatable bonds is 9. The van der Waals surface area contributed by atoms with E-state index >= 15 is 0 Å². The highest BCUT2D eigenvalue weighted by atomic mass is 16.6. The number of hydrogen-bond donors (Lipinski definition) is 1. The number of carbonyl (C=O) groups excluding carboxylic acids is 3. The van der Waals surface area contributed by atoms with Crippen molar-refractivity contribution in [2.45, 2.75) is 26.4 Å². The molecule has 1 N–H and O–H groups in total. The standard InChI is InChI=1S/C21H23NO5/c1-15(23)18-8-10-19(11-9-18)27-16(2)21(25)26-14-20(24)22-13-12-17-6-4-3-5-7-17/h3-11,16H,12-14H2,1-2H3,(H,22,24)/t16-/m0/s1. The van der Waals surface area contributed by atoms with Gasteiger partial charge in [-0.15, -0.1) is 0 Å². The Balaban J connectivity index is 1.69. The fraction of sp³-hybridized carbons (Fsp3) is 0.286. The van der Waals surface area contributed by atoms with Crippen molar-refractivity contribution in [1.29, 1.82) is 0 Å². The molecule has 0 aliphatic heterocycles. The number of hydrogen-bond acceptors (Lipinski definition) is 5. The van der Waals surface area contributed by atoms with E-state index in [1.807, 2.05) is 30.3 Å². The average molecular weight is 369 g/mol. The molecule has 0 fully saturated rings. The van der Waals surface area contributed by atoms with Crippen LogP contribution in [0.25, 0.3) is 0 Å². The average Bonchev–Trinajstić information content (AvgIpc) is 2.67. The first kappa shape index (κ1) is 20.2. The monoisotopic (exact) mass is 369 g/mol. The third-order valence-electron chi connectivity index (χ3n) is 3.83. The van der Waals surface area contributed by atoms with Gasteiger partial charge in [-0.2, -0.15) is 0 Å². The zero-order chi connectivity index (χ0) is 19.6. The molecule has 0 bridgehead atoms. The highest BCUT2D eigenvalue weighted by Crippen LogP contribution is 2.14. The Kier molecular flexibility index (Phi) is 7.55. The van der Waals surface area contributed by atoms with E-state index in [-0.39, 0.29) is 18.3 Å². The molecule has 6 heteroatoms. The zero-order valence-corrected chi connectivity index (χ0v) is 15.4. The lowest BCUT2D eigenvalue weighted by Gasteiger charge is -2.14. The Morgan fingerprint density at radius 2 is 1.67 bits per heavy atom. The van der Waals surface area contributed by atoms with Crippen LogP contribution in [0.15, 0.2) is 54.6 Å². The second-order valence-corrected chi connectivity index (χ2v) is 6.03. The van der Waals surface area contributed by atoms with Crippen LogP contribution in [0.3, 0.4) is 0 Å². The predicted molar refractivity (Wildman–Crippen MR) is 101 cm³/mol. The summed E-state index contributed by atoms with van der Waals surface area (Å²) in [6.07, 6.45) is -0.165. The van der Waals surface area contributed by atoms with E-state index in [1.165, 1.54) is 13.8 Å². The van der Waals surface area contributed by atoms with Crippen molar-refractivity contribution in [3.63, 3.8) is 0 Å². The van der Waals surface area contributed by atoms with E-state index in [0.717, 1.165) is 5.56 Å². The predicted octanol–water partition coefficient (Wildman–Crippen LogP) is 2.56. The molecule has 6 nitrogen and oxygen atoms in total. The van der Waals surface area contributed by atoms with Crippen molar-refractivity contribution in [2.24, 2.45) is 0 Å². The molecule has 2 aromatic carbocycles. The van der Waals surface area contributed by atoms with Crippen LogP contribution in [0.1, 0.15) is 29.8 Å². The maximum Gasteiger partial charge on any atom is 0.347 e. The summed E-state index contributed by atoms with van der Waals surface area (Å²) in [6.45, 7) is 3.12. The third-order valence-corrected chi connectivity index (χ3v) is 3.83. The van der Waals surface area contributed by atoms with Crippen molar-refractivity contribution in [3.05, 3.63) is 65.7 Å². The zero-order valence-electron chi connectivity index (χ0n) is 15.4.